The second kappa shape index (κ2) is 8.65. The minimum Gasteiger partial charge on any atom is -0.490 e. The third-order valence-electron chi connectivity index (χ3n) is 7.49. The second-order valence-corrected chi connectivity index (χ2v) is 9.42. The Balaban J connectivity index is 1.11. The zero-order chi connectivity index (χ0) is 19.6. The molecule has 2 heterocycles. The summed E-state index contributed by atoms with van der Waals surface area (Å²) in [6.07, 6.45) is 10.5. The van der Waals surface area contributed by atoms with E-state index in [0.717, 1.165) is 57.5 Å². The highest BCUT2D eigenvalue weighted by Gasteiger charge is 2.30. The van der Waals surface area contributed by atoms with Crippen LogP contribution < -0.4 is 4.74 Å². The van der Waals surface area contributed by atoms with Gasteiger partial charge in [0.2, 0.25) is 5.91 Å². The Hall–Kier alpha value is -1.59. The first kappa shape index (κ1) is 19.4. The maximum Gasteiger partial charge on any atom is 0.236 e. The Morgan fingerprint density at radius 3 is 2.45 bits per heavy atom. The molecule has 1 amide bonds. The number of amides is 1. The summed E-state index contributed by atoms with van der Waals surface area (Å²) in [5.74, 6) is 1.34. The molecule has 5 heteroatoms. The van der Waals surface area contributed by atoms with Crippen LogP contribution in [-0.4, -0.2) is 72.0 Å². The summed E-state index contributed by atoms with van der Waals surface area (Å²) in [6, 6.07) is 7.39. The zero-order valence-electron chi connectivity index (χ0n) is 17.7. The van der Waals surface area contributed by atoms with E-state index < -0.39 is 0 Å². The fourth-order valence-corrected chi connectivity index (χ4v) is 5.37. The minimum atomic E-state index is 0.308. The van der Waals surface area contributed by atoms with E-state index in [-0.39, 0.29) is 0 Å². The Labute approximate surface area is 175 Å². The Morgan fingerprint density at radius 1 is 0.931 bits per heavy atom. The molecule has 2 aliphatic heterocycles. The van der Waals surface area contributed by atoms with Gasteiger partial charge in [0.25, 0.3) is 0 Å². The molecule has 158 valence electrons. The van der Waals surface area contributed by atoms with Gasteiger partial charge in [-0.05, 0) is 68.2 Å². The molecule has 5 rings (SSSR count). The van der Waals surface area contributed by atoms with Crippen LogP contribution in [0.25, 0.3) is 0 Å². The lowest BCUT2D eigenvalue weighted by Crippen LogP contribution is -2.55. The third kappa shape index (κ3) is 4.46. The average Bonchev–Trinajstić information content (AvgIpc) is 3.20. The fraction of sp³-hybridized carbons (Fsp3) is 0.708. The predicted octanol–water partition coefficient (Wildman–Crippen LogP) is 3.06. The summed E-state index contributed by atoms with van der Waals surface area (Å²) in [5, 5.41) is 0. The van der Waals surface area contributed by atoms with Gasteiger partial charge in [0.05, 0.1) is 12.6 Å². The van der Waals surface area contributed by atoms with Gasteiger partial charge in [0.15, 0.2) is 0 Å². The molecule has 1 saturated heterocycles. The summed E-state index contributed by atoms with van der Waals surface area (Å²) < 4.78 is 6.17. The molecule has 0 unspecified atom stereocenters. The number of nitrogens with zero attached hydrogens (tertiary/aromatic N) is 3. The van der Waals surface area contributed by atoms with Crippen LogP contribution in [0.2, 0.25) is 0 Å². The molecule has 4 aliphatic rings. The molecule has 1 aromatic carbocycles. The largest absolute Gasteiger partial charge is 0.490 e. The molecule has 0 atom stereocenters. The highest BCUT2D eigenvalue weighted by molar-refractivity contribution is 5.78. The van der Waals surface area contributed by atoms with E-state index in [4.69, 9.17) is 4.74 Å². The van der Waals surface area contributed by atoms with Crippen LogP contribution in [0.3, 0.4) is 0 Å². The molecule has 2 aliphatic carbocycles. The van der Waals surface area contributed by atoms with Crippen LogP contribution in [0, 0.1) is 0 Å². The van der Waals surface area contributed by atoms with E-state index >= 15 is 0 Å². The lowest BCUT2D eigenvalue weighted by Gasteiger charge is -2.43. The molecule has 0 bridgehead atoms. The van der Waals surface area contributed by atoms with Crippen molar-refractivity contribution in [3.8, 4) is 5.75 Å². The highest BCUT2D eigenvalue weighted by atomic mass is 16.5. The lowest BCUT2D eigenvalue weighted by molar-refractivity contribution is -0.135. The van der Waals surface area contributed by atoms with E-state index in [0.29, 0.717) is 18.6 Å². The van der Waals surface area contributed by atoms with Crippen molar-refractivity contribution in [3.05, 3.63) is 29.3 Å². The molecule has 5 nitrogen and oxygen atoms in total. The molecular formula is C24H35N3O2. The Bertz CT molecular complexity index is 719. The molecular weight excluding hydrogens is 362 g/mol. The standard InChI is InChI=1S/C24H35N3O2/c28-24(27-14-12-26(13-15-27)21-4-3-5-21)18-25-11-10-19-16-23(9-8-20(19)17-25)29-22-6-1-2-7-22/h8-9,16,21-22H,1-7,10-15,17-18H2. The number of rotatable bonds is 5. The molecule has 3 fully saturated rings. The summed E-state index contributed by atoms with van der Waals surface area (Å²) in [7, 11) is 0. The Kier molecular flexibility index (Phi) is 5.78. The summed E-state index contributed by atoms with van der Waals surface area (Å²) in [5.41, 5.74) is 2.76. The third-order valence-corrected chi connectivity index (χ3v) is 7.49. The predicted molar refractivity (Wildman–Crippen MR) is 114 cm³/mol. The fourth-order valence-electron chi connectivity index (χ4n) is 5.37. The van der Waals surface area contributed by atoms with E-state index in [2.05, 4.69) is 32.9 Å². The summed E-state index contributed by atoms with van der Waals surface area (Å²) in [6.45, 7) is 6.33. The van der Waals surface area contributed by atoms with Crippen molar-refractivity contribution in [1.82, 2.24) is 14.7 Å². The molecule has 0 aromatic heterocycles. The Morgan fingerprint density at radius 2 is 1.72 bits per heavy atom. The van der Waals surface area contributed by atoms with Gasteiger partial charge >= 0.3 is 0 Å². The maximum atomic E-state index is 12.8. The van der Waals surface area contributed by atoms with Gasteiger partial charge in [0, 0.05) is 45.3 Å². The second-order valence-electron chi connectivity index (χ2n) is 9.42. The highest BCUT2D eigenvalue weighted by Crippen LogP contribution is 2.28. The van der Waals surface area contributed by atoms with Crippen LogP contribution in [0.15, 0.2) is 18.2 Å². The first-order valence-electron chi connectivity index (χ1n) is 11.8. The number of hydrogen-bond donors (Lipinski definition) is 0. The molecule has 29 heavy (non-hydrogen) atoms. The topological polar surface area (TPSA) is 36.0 Å². The average molecular weight is 398 g/mol. The van der Waals surface area contributed by atoms with Crippen molar-refractivity contribution < 1.29 is 9.53 Å². The molecule has 0 spiro atoms. The monoisotopic (exact) mass is 397 g/mol. The van der Waals surface area contributed by atoms with E-state index in [1.807, 2.05) is 0 Å². The quantitative estimate of drug-likeness (QED) is 0.765. The van der Waals surface area contributed by atoms with Gasteiger partial charge in [0.1, 0.15) is 5.75 Å². The lowest BCUT2D eigenvalue weighted by atomic mass is 9.91. The number of piperazine rings is 1. The van der Waals surface area contributed by atoms with Crippen molar-refractivity contribution in [3.63, 3.8) is 0 Å². The van der Waals surface area contributed by atoms with E-state index in [1.165, 1.54) is 56.1 Å². The smallest absolute Gasteiger partial charge is 0.236 e. The van der Waals surface area contributed by atoms with E-state index in [1.54, 1.807) is 0 Å². The number of benzene rings is 1. The van der Waals surface area contributed by atoms with Gasteiger partial charge in [-0.3, -0.25) is 14.6 Å². The molecule has 1 aromatic rings. The van der Waals surface area contributed by atoms with Crippen molar-refractivity contribution in [2.24, 2.45) is 0 Å². The first-order valence-corrected chi connectivity index (χ1v) is 11.8. The number of fused-ring (bicyclic) bond motifs is 1. The summed E-state index contributed by atoms with van der Waals surface area (Å²) in [4.78, 5) is 19.8. The van der Waals surface area contributed by atoms with Crippen molar-refractivity contribution in [2.75, 3.05) is 39.3 Å². The van der Waals surface area contributed by atoms with Crippen molar-refractivity contribution in [1.29, 1.82) is 0 Å². The number of carbonyl (C=O) groups is 1. The summed E-state index contributed by atoms with van der Waals surface area (Å²) >= 11 is 0. The number of hydrogen-bond acceptors (Lipinski definition) is 4. The molecule has 0 radical (unpaired) electrons. The van der Waals surface area contributed by atoms with Crippen molar-refractivity contribution in [2.45, 2.75) is 70.1 Å². The number of carbonyl (C=O) groups excluding carboxylic acids is 1. The van der Waals surface area contributed by atoms with E-state index in [9.17, 15) is 4.79 Å². The minimum absolute atomic E-state index is 0.308. The van der Waals surface area contributed by atoms with Crippen LogP contribution in [0.5, 0.6) is 5.75 Å². The van der Waals surface area contributed by atoms with Gasteiger partial charge in [-0.15, -0.1) is 0 Å². The maximum absolute atomic E-state index is 12.8. The van der Waals surface area contributed by atoms with Gasteiger partial charge in [-0.1, -0.05) is 12.5 Å². The number of ether oxygens (including phenoxy) is 1. The van der Waals surface area contributed by atoms with Gasteiger partial charge in [-0.2, -0.15) is 0 Å². The molecule has 2 saturated carbocycles. The normalized spacial score (nSPS) is 24.3. The molecule has 0 N–H and O–H groups in total. The van der Waals surface area contributed by atoms with Gasteiger partial charge < -0.3 is 9.64 Å². The first-order chi connectivity index (χ1) is 14.2. The van der Waals surface area contributed by atoms with Crippen LogP contribution in [0.1, 0.15) is 56.1 Å². The van der Waals surface area contributed by atoms with Crippen LogP contribution in [0.4, 0.5) is 0 Å². The SMILES string of the molecule is O=C(CN1CCc2cc(OC3CCCC3)ccc2C1)N1CCN(C2CCC2)CC1. The van der Waals surface area contributed by atoms with Crippen LogP contribution in [-0.2, 0) is 17.8 Å². The zero-order valence-corrected chi connectivity index (χ0v) is 17.7. The van der Waals surface area contributed by atoms with Crippen LogP contribution >= 0.6 is 0 Å². The van der Waals surface area contributed by atoms with Gasteiger partial charge in [-0.25, -0.2) is 0 Å². The van der Waals surface area contributed by atoms with Crippen molar-refractivity contribution >= 4 is 5.91 Å².